The van der Waals surface area contributed by atoms with Crippen LogP contribution in [-0.2, 0) is 20.9 Å². The highest BCUT2D eigenvalue weighted by Crippen LogP contribution is 2.43. The van der Waals surface area contributed by atoms with Crippen molar-refractivity contribution in [1.29, 1.82) is 0 Å². The summed E-state index contributed by atoms with van der Waals surface area (Å²) in [5.74, 6) is -5.04. The number of hydrogen-bond acceptors (Lipinski definition) is 6. The van der Waals surface area contributed by atoms with E-state index < -0.39 is 24.3 Å². The zero-order valence-corrected chi connectivity index (χ0v) is 20.8. The van der Waals surface area contributed by atoms with Gasteiger partial charge in [0.2, 0.25) is 5.91 Å². The third-order valence-electron chi connectivity index (χ3n) is 5.96. The van der Waals surface area contributed by atoms with Crippen LogP contribution in [0, 0.1) is 6.92 Å². The van der Waals surface area contributed by atoms with Crippen LogP contribution in [-0.4, -0.2) is 68.9 Å². The first-order chi connectivity index (χ1) is 17.5. The van der Waals surface area contributed by atoms with Gasteiger partial charge in [-0.25, -0.2) is 9.59 Å². The molecule has 2 aliphatic heterocycles. The van der Waals surface area contributed by atoms with E-state index in [4.69, 9.17) is 19.8 Å². The number of carboxylic acid groups (broad SMARTS) is 2. The molecule has 0 radical (unpaired) electrons. The zero-order valence-electron chi connectivity index (χ0n) is 20.0. The Morgan fingerprint density at radius 2 is 1.53 bits per heavy atom. The molecule has 1 unspecified atom stereocenters. The van der Waals surface area contributed by atoms with Gasteiger partial charge in [-0.2, -0.15) is 26.3 Å². The number of pyridine rings is 1. The second kappa shape index (κ2) is 12.6. The number of rotatable bonds is 3. The summed E-state index contributed by atoms with van der Waals surface area (Å²) in [6.45, 7) is 5.27. The van der Waals surface area contributed by atoms with Crippen molar-refractivity contribution in [2.45, 2.75) is 56.5 Å². The molecule has 15 heteroatoms. The molecule has 0 saturated carbocycles. The smallest absolute Gasteiger partial charge is 0.475 e. The maximum Gasteiger partial charge on any atom is 0.490 e. The summed E-state index contributed by atoms with van der Waals surface area (Å²) in [7, 11) is 0. The second-order valence-corrected chi connectivity index (χ2v) is 10.0. The lowest BCUT2D eigenvalue weighted by Gasteiger charge is -2.43. The number of hydrogen-bond donors (Lipinski definition) is 3. The van der Waals surface area contributed by atoms with Crippen LogP contribution in [0.1, 0.15) is 40.5 Å². The molecule has 2 aromatic rings. The summed E-state index contributed by atoms with van der Waals surface area (Å²) in [6.07, 6.45) is -3.85. The Hall–Kier alpha value is -3.20. The summed E-state index contributed by atoms with van der Waals surface area (Å²) in [4.78, 5) is 39.4. The van der Waals surface area contributed by atoms with E-state index in [0.29, 0.717) is 6.42 Å². The molecule has 3 N–H and O–H groups in total. The third-order valence-corrected chi connectivity index (χ3v) is 6.95. The van der Waals surface area contributed by atoms with Gasteiger partial charge in [0.25, 0.3) is 0 Å². The van der Waals surface area contributed by atoms with E-state index in [1.165, 1.54) is 15.3 Å². The molecule has 210 valence electrons. The Morgan fingerprint density at radius 3 is 1.95 bits per heavy atom. The number of likely N-dealkylation sites (tertiary alicyclic amines) is 1. The SMILES string of the molecule is Cc1ccc(CN2CCC3(CC2)NC(=O)CC3c2ccncc2)s1.O=C(O)C(F)(F)F.O=C(O)C(F)(F)F. The van der Waals surface area contributed by atoms with Gasteiger partial charge in [-0.15, -0.1) is 11.3 Å². The fourth-order valence-corrected chi connectivity index (χ4v) is 5.14. The highest BCUT2D eigenvalue weighted by molar-refractivity contribution is 7.11. The topological polar surface area (TPSA) is 120 Å². The number of aliphatic carboxylic acids is 2. The predicted molar refractivity (Wildman–Crippen MR) is 123 cm³/mol. The number of piperidine rings is 1. The van der Waals surface area contributed by atoms with Gasteiger partial charge in [-0.1, -0.05) is 0 Å². The number of nitrogens with one attached hydrogen (secondary N) is 1. The molecular weight excluding hydrogens is 544 g/mol. The lowest BCUT2D eigenvalue weighted by atomic mass is 9.74. The van der Waals surface area contributed by atoms with Gasteiger partial charge in [-0.3, -0.25) is 14.7 Å². The largest absolute Gasteiger partial charge is 0.490 e. The maximum atomic E-state index is 12.1. The van der Waals surface area contributed by atoms with Crippen LogP contribution in [0.3, 0.4) is 0 Å². The Labute approximate surface area is 217 Å². The van der Waals surface area contributed by atoms with E-state index in [1.807, 2.05) is 23.7 Å². The van der Waals surface area contributed by atoms with E-state index >= 15 is 0 Å². The number of aryl methyl sites for hydroxylation is 1. The fraction of sp³-hybridized carbons (Fsp3) is 0.478. The van der Waals surface area contributed by atoms with Crippen molar-refractivity contribution in [3.05, 3.63) is 52.0 Å². The zero-order chi connectivity index (χ0) is 28.7. The van der Waals surface area contributed by atoms with Crippen molar-refractivity contribution in [3.8, 4) is 0 Å². The maximum absolute atomic E-state index is 12.1. The number of aromatic nitrogens is 1. The summed E-state index contributed by atoms with van der Waals surface area (Å²) in [5.41, 5.74) is 1.17. The van der Waals surface area contributed by atoms with E-state index in [-0.39, 0.29) is 17.4 Å². The molecule has 2 aromatic heterocycles. The normalized spacial score (nSPS) is 19.0. The van der Waals surface area contributed by atoms with E-state index in [0.717, 1.165) is 32.5 Å². The van der Waals surface area contributed by atoms with Crippen LogP contribution in [0.15, 0.2) is 36.7 Å². The molecule has 8 nitrogen and oxygen atoms in total. The minimum absolute atomic E-state index is 0.0691. The molecular formula is C23H25F6N3O5S. The Bertz CT molecular complexity index is 1070. The number of carboxylic acids is 2. The molecule has 4 rings (SSSR count). The summed E-state index contributed by atoms with van der Waals surface area (Å²) in [5, 5.41) is 17.6. The van der Waals surface area contributed by atoms with E-state index in [2.05, 4.69) is 46.4 Å². The van der Waals surface area contributed by atoms with Crippen LogP contribution in [0.5, 0.6) is 0 Å². The van der Waals surface area contributed by atoms with Crippen LogP contribution in [0.25, 0.3) is 0 Å². The monoisotopic (exact) mass is 569 g/mol. The number of amides is 1. The lowest BCUT2D eigenvalue weighted by Crippen LogP contribution is -2.53. The number of carbonyl (C=O) groups is 3. The van der Waals surface area contributed by atoms with Crippen molar-refractivity contribution < 1.29 is 50.9 Å². The quantitative estimate of drug-likeness (QED) is 0.470. The average molecular weight is 570 g/mol. The number of halogens is 6. The van der Waals surface area contributed by atoms with E-state index in [9.17, 15) is 31.1 Å². The van der Waals surface area contributed by atoms with Gasteiger partial charge in [-0.05, 0) is 49.6 Å². The van der Waals surface area contributed by atoms with Gasteiger partial charge in [0, 0.05) is 59.7 Å². The van der Waals surface area contributed by atoms with Gasteiger partial charge in [0.15, 0.2) is 0 Å². The van der Waals surface area contributed by atoms with Crippen LogP contribution < -0.4 is 5.32 Å². The van der Waals surface area contributed by atoms with Gasteiger partial charge >= 0.3 is 24.3 Å². The Morgan fingerprint density at radius 1 is 1.03 bits per heavy atom. The van der Waals surface area contributed by atoms with Crippen molar-refractivity contribution in [2.75, 3.05) is 13.1 Å². The number of carbonyl (C=O) groups excluding carboxylic acids is 1. The van der Waals surface area contributed by atoms with E-state index in [1.54, 1.807) is 0 Å². The minimum atomic E-state index is -5.08. The molecule has 1 spiro atoms. The molecule has 2 aliphatic rings. The number of alkyl halides is 6. The molecule has 0 aliphatic carbocycles. The number of thiophene rings is 1. The van der Waals surface area contributed by atoms with Gasteiger partial charge in [0.05, 0.1) is 0 Å². The lowest BCUT2D eigenvalue weighted by molar-refractivity contribution is -0.193. The second-order valence-electron chi connectivity index (χ2n) is 8.64. The first kappa shape index (κ1) is 31.0. The summed E-state index contributed by atoms with van der Waals surface area (Å²) >= 11 is 1.88. The van der Waals surface area contributed by atoms with Crippen LogP contribution in [0.4, 0.5) is 26.3 Å². The minimum Gasteiger partial charge on any atom is -0.475 e. The van der Waals surface area contributed by atoms with Crippen LogP contribution in [0.2, 0.25) is 0 Å². The van der Waals surface area contributed by atoms with Crippen molar-refractivity contribution in [2.24, 2.45) is 0 Å². The van der Waals surface area contributed by atoms with Gasteiger partial charge in [0.1, 0.15) is 0 Å². The van der Waals surface area contributed by atoms with Crippen molar-refractivity contribution >= 4 is 29.2 Å². The Kier molecular flexibility index (Phi) is 10.3. The molecule has 1 atom stereocenters. The molecule has 38 heavy (non-hydrogen) atoms. The molecule has 2 fully saturated rings. The fourth-order valence-electron chi connectivity index (χ4n) is 4.20. The summed E-state index contributed by atoms with van der Waals surface area (Å²) < 4.78 is 63.5. The third kappa shape index (κ3) is 8.97. The predicted octanol–water partition coefficient (Wildman–Crippen LogP) is 4.36. The van der Waals surface area contributed by atoms with Crippen molar-refractivity contribution in [1.82, 2.24) is 15.2 Å². The molecule has 0 bridgehead atoms. The van der Waals surface area contributed by atoms with Crippen LogP contribution >= 0.6 is 11.3 Å². The molecule has 2 saturated heterocycles. The highest BCUT2D eigenvalue weighted by Gasteiger charge is 2.48. The Balaban J connectivity index is 0.000000301. The average Bonchev–Trinajstić information content (AvgIpc) is 3.37. The highest BCUT2D eigenvalue weighted by atomic mass is 32.1. The van der Waals surface area contributed by atoms with Gasteiger partial charge < -0.3 is 15.5 Å². The molecule has 1 amide bonds. The molecule has 0 aromatic carbocycles. The first-order valence-electron chi connectivity index (χ1n) is 11.1. The van der Waals surface area contributed by atoms with Crippen molar-refractivity contribution in [3.63, 3.8) is 0 Å². The first-order valence-corrected chi connectivity index (χ1v) is 11.9. The molecule has 4 heterocycles. The standard InChI is InChI=1S/C19H23N3OS.2C2HF3O2/c1-14-2-3-16(24-14)13-22-10-6-19(7-11-22)17(12-18(23)21-19)15-4-8-20-9-5-15;2*3-2(4,5)1(6)7/h2-5,8-9,17H,6-7,10-13H2,1H3,(H,21,23);2*(H,6,7). The summed E-state index contributed by atoms with van der Waals surface area (Å²) in [6, 6.07) is 8.56. The number of nitrogens with zero attached hydrogens (tertiary/aromatic N) is 2.